The maximum Gasteiger partial charge on any atom is 0.258 e. The van der Waals surface area contributed by atoms with Crippen molar-refractivity contribution in [3.63, 3.8) is 0 Å². The summed E-state index contributed by atoms with van der Waals surface area (Å²) in [6.07, 6.45) is 2.61. The largest absolute Gasteiger partial charge is 0.384 e. The van der Waals surface area contributed by atoms with Gasteiger partial charge in [0.2, 0.25) is 0 Å². The van der Waals surface area contributed by atoms with E-state index in [4.69, 9.17) is 10.3 Å². The summed E-state index contributed by atoms with van der Waals surface area (Å²) < 4.78 is 5.18. The summed E-state index contributed by atoms with van der Waals surface area (Å²) in [4.78, 5) is 8.24. The maximum atomic E-state index is 5.59. The van der Waals surface area contributed by atoms with E-state index in [1.54, 1.807) is 18.3 Å². The lowest BCUT2D eigenvalue weighted by Crippen LogP contribution is -1.94. The average Bonchev–Trinajstić information content (AvgIpc) is 2.77. The fraction of sp³-hybridized carbons (Fsp3) is 0.364. The van der Waals surface area contributed by atoms with Crippen molar-refractivity contribution in [3.8, 4) is 11.5 Å². The second-order valence-electron chi connectivity index (χ2n) is 3.74. The van der Waals surface area contributed by atoms with Gasteiger partial charge in [0.05, 0.1) is 0 Å². The Morgan fingerprint density at radius 2 is 2.31 bits per heavy atom. The van der Waals surface area contributed by atoms with Gasteiger partial charge in [-0.1, -0.05) is 19.0 Å². The molecular weight excluding hydrogens is 204 g/mol. The number of aromatic nitrogens is 3. The van der Waals surface area contributed by atoms with E-state index < -0.39 is 0 Å². The Labute approximate surface area is 93.7 Å². The summed E-state index contributed by atoms with van der Waals surface area (Å²) in [6, 6.07) is 3.51. The van der Waals surface area contributed by atoms with E-state index >= 15 is 0 Å². The van der Waals surface area contributed by atoms with Gasteiger partial charge >= 0.3 is 0 Å². The highest BCUT2D eigenvalue weighted by Gasteiger charge is 2.13. The SMILES string of the molecule is CCC(C)c1noc(-c2ccnc(N)c2)n1. The van der Waals surface area contributed by atoms with Crippen LogP contribution < -0.4 is 5.73 Å². The van der Waals surface area contributed by atoms with Crippen LogP contribution in [0.15, 0.2) is 22.9 Å². The number of nitrogens with two attached hydrogens (primary N) is 1. The molecule has 0 amide bonds. The number of hydrogen-bond donors (Lipinski definition) is 1. The standard InChI is InChI=1S/C11H14N4O/c1-3-7(2)10-14-11(16-15-10)8-4-5-13-9(12)6-8/h4-7H,3H2,1-2H3,(H2,12,13). The Hall–Kier alpha value is -1.91. The summed E-state index contributed by atoms with van der Waals surface area (Å²) >= 11 is 0. The molecule has 0 spiro atoms. The molecule has 5 nitrogen and oxygen atoms in total. The molecule has 2 N–H and O–H groups in total. The number of hydrogen-bond acceptors (Lipinski definition) is 5. The van der Waals surface area contributed by atoms with E-state index in [0.717, 1.165) is 17.8 Å². The van der Waals surface area contributed by atoms with Crippen molar-refractivity contribution in [2.75, 3.05) is 5.73 Å². The molecule has 2 aromatic heterocycles. The first-order valence-corrected chi connectivity index (χ1v) is 5.26. The zero-order chi connectivity index (χ0) is 11.5. The van der Waals surface area contributed by atoms with Crippen LogP contribution in [0.3, 0.4) is 0 Å². The Balaban J connectivity index is 2.31. The van der Waals surface area contributed by atoms with E-state index in [2.05, 4.69) is 29.0 Å². The van der Waals surface area contributed by atoms with Gasteiger partial charge in [-0.3, -0.25) is 0 Å². The van der Waals surface area contributed by atoms with Gasteiger partial charge in [0.25, 0.3) is 5.89 Å². The molecule has 0 fully saturated rings. The van der Waals surface area contributed by atoms with E-state index in [1.165, 1.54) is 0 Å². The normalized spacial score (nSPS) is 12.6. The number of rotatable bonds is 3. The first-order valence-electron chi connectivity index (χ1n) is 5.26. The van der Waals surface area contributed by atoms with Crippen LogP contribution >= 0.6 is 0 Å². The van der Waals surface area contributed by atoms with Gasteiger partial charge in [-0.25, -0.2) is 4.98 Å². The molecule has 2 heterocycles. The van der Waals surface area contributed by atoms with Crippen molar-refractivity contribution in [3.05, 3.63) is 24.2 Å². The third kappa shape index (κ3) is 2.03. The monoisotopic (exact) mass is 218 g/mol. The fourth-order valence-corrected chi connectivity index (χ4v) is 1.32. The van der Waals surface area contributed by atoms with Crippen LogP contribution in [-0.4, -0.2) is 15.1 Å². The molecule has 2 aromatic rings. The smallest absolute Gasteiger partial charge is 0.258 e. The first kappa shape index (κ1) is 10.6. The van der Waals surface area contributed by atoms with Crippen molar-refractivity contribution in [2.45, 2.75) is 26.2 Å². The summed E-state index contributed by atoms with van der Waals surface area (Å²) in [7, 11) is 0. The number of nitrogens with zero attached hydrogens (tertiary/aromatic N) is 3. The molecular formula is C11H14N4O. The predicted octanol–water partition coefficient (Wildman–Crippen LogP) is 2.23. The molecule has 0 saturated carbocycles. The fourth-order valence-electron chi connectivity index (χ4n) is 1.32. The highest BCUT2D eigenvalue weighted by molar-refractivity contribution is 5.56. The lowest BCUT2D eigenvalue weighted by molar-refractivity contribution is 0.416. The van der Waals surface area contributed by atoms with Crippen LogP contribution in [0, 0.1) is 0 Å². The predicted molar refractivity (Wildman–Crippen MR) is 60.6 cm³/mol. The van der Waals surface area contributed by atoms with Crippen molar-refractivity contribution in [1.29, 1.82) is 0 Å². The zero-order valence-electron chi connectivity index (χ0n) is 9.34. The highest BCUT2D eigenvalue weighted by Crippen LogP contribution is 2.21. The molecule has 1 atom stereocenters. The van der Waals surface area contributed by atoms with Gasteiger partial charge in [0.1, 0.15) is 5.82 Å². The number of anilines is 1. The molecule has 16 heavy (non-hydrogen) atoms. The first-order chi connectivity index (χ1) is 7.70. The van der Waals surface area contributed by atoms with Gasteiger partial charge in [-0.2, -0.15) is 4.98 Å². The Bertz CT molecular complexity index is 480. The van der Waals surface area contributed by atoms with Crippen LogP contribution in [0.25, 0.3) is 11.5 Å². The minimum absolute atomic E-state index is 0.302. The second kappa shape index (κ2) is 4.30. The minimum atomic E-state index is 0.302. The molecule has 0 saturated heterocycles. The molecule has 0 aromatic carbocycles. The maximum absolute atomic E-state index is 5.59. The Morgan fingerprint density at radius 3 is 3.00 bits per heavy atom. The summed E-state index contributed by atoms with van der Waals surface area (Å²) in [5, 5.41) is 3.95. The Morgan fingerprint density at radius 1 is 1.50 bits per heavy atom. The van der Waals surface area contributed by atoms with E-state index in [0.29, 0.717) is 17.6 Å². The van der Waals surface area contributed by atoms with E-state index in [9.17, 15) is 0 Å². The molecule has 0 aliphatic heterocycles. The van der Waals surface area contributed by atoms with Crippen LogP contribution in [-0.2, 0) is 0 Å². The van der Waals surface area contributed by atoms with E-state index in [1.807, 2.05) is 0 Å². The molecule has 0 bridgehead atoms. The Kier molecular flexibility index (Phi) is 2.85. The van der Waals surface area contributed by atoms with Crippen LogP contribution in [0.1, 0.15) is 32.0 Å². The van der Waals surface area contributed by atoms with Crippen molar-refractivity contribution in [2.24, 2.45) is 0 Å². The molecule has 0 radical (unpaired) electrons. The molecule has 0 aliphatic rings. The van der Waals surface area contributed by atoms with Crippen molar-refractivity contribution >= 4 is 5.82 Å². The number of nitrogen functional groups attached to an aromatic ring is 1. The second-order valence-corrected chi connectivity index (χ2v) is 3.74. The summed E-state index contributed by atoms with van der Waals surface area (Å²) in [5.41, 5.74) is 6.39. The minimum Gasteiger partial charge on any atom is -0.384 e. The van der Waals surface area contributed by atoms with E-state index in [-0.39, 0.29) is 0 Å². The van der Waals surface area contributed by atoms with Crippen LogP contribution in [0.4, 0.5) is 5.82 Å². The van der Waals surface area contributed by atoms with Gasteiger partial charge in [-0.05, 0) is 18.6 Å². The molecule has 1 unspecified atom stereocenters. The van der Waals surface area contributed by atoms with Crippen molar-refractivity contribution in [1.82, 2.24) is 15.1 Å². The lowest BCUT2D eigenvalue weighted by atomic mass is 10.1. The molecule has 0 aliphatic carbocycles. The quantitative estimate of drug-likeness (QED) is 0.854. The lowest BCUT2D eigenvalue weighted by Gasteiger charge is -1.98. The molecule has 2 rings (SSSR count). The van der Waals surface area contributed by atoms with Gasteiger partial charge in [-0.15, -0.1) is 0 Å². The molecule has 5 heteroatoms. The average molecular weight is 218 g/mol. The molecule has 84 valence electrons. The summed E-state index contributed by atoms with van der Waals surface area (Å²) in [6.45, 7) is 4.15. The third-order valence-electron chi connectivity index (χ3n) is 2.52. The topological polar surface area (TPSA) is 77.8 Å². The number of pyridine rings is 1. The highest BCUT2D eigenvalue weighted by atomic mass is 16.5. The third-order valence-corrected chi connectivity index (χ3v) is 2.52. The van der Waals surface area contributed by atoms with Crippen LogP contribution in [0.2, 0.25) is 0 Å². The van der Waals surface area contributed by atoms with Gasteiger partial charge in [0, 0.05) is 17.7 Å². The van der Waals surface area contributed by atoms with Crippen molar-refractivity contribution < 1.29 is 4.52 Å². The van der Waals surface area contributed by atoms with Gasteiger partial charge < -0.3 is 10.3 Å². The van der Waals surface area contributed by atoms with Crippen LogP contribution in [0.5, 0.6) is 0 Å². The van der Waals surface area contributed by atoms with Gasteiger partial charge in [0.15, 0.2) is 5.82 Å². The summed E-state index contributed by atoms with van der Waals surface area (Å²) in [5.74, 6) is 1.97. The zero-order valence-corrected chi connectivity index (χ0v) is 9.34.